The molecule has 0 aliphatic heterocycles. The fraction of sp³-hybridized carbons (Fsp3) is 0.625. The van der Waals surface area contributed by atoms with Gasteiger partial charge in [-0.25, -0.2) is 4.39 Å². The lowest BCUT2D eigenvalue weighted by Gasteiger charge is -2.09. The molecule has 1 aromatic carbocycles. The van der Waals surface area contributed by atoms with Crippen LogP contribution in [0.5, 0.6) is 5.75 Å². The molecule has 20 heavy (non-hydrogen) atoms. The van der Waals surface area contributed by atoms with E-state index in [9.17, 15) is 8.78 Å². The largest absolute Gasteiger partial charge is 0.488 e. The molecule has 2 nitrogen and oxygen atoms in total. The maximum Gasteiger partial charge on any atom is 0.200 e. The summed E-state index contributed by atoms with van der Waals surface area (Å²) in [6.07, 6.45) is 0.460. The predicted molar refractivity (Wildman–Crippen MR) is 80.4 cm³/mol. The van der Waals surface area contributed by atoms with E-state index in [4.69, 9.17) is 9.47 Å². The number of benzene rings is 1. The molecule has 1 rings (SSSR count). The van der Waals surface area contributed by atoms with E-state index in [1.165, 1.54) is 12.1 Å². The maximum atomic E-state index is 13.4. The third-order valence-electron chi connectivity index (χ3n) is 2.20. The number of hydrogen-bond acceptors (Lipinski definition) is 2. The van der Waals surface area contributed by atoms with Crippen LogP contribution in [0.25, 0.3) is 0 Å². The Morgan fingerprint density at radius 1 is 0.900 bits per heavy atom. The van der Waals surface area contributed by atoms with Crippen LogP contribution >= 0.6 is 0 Å². The fourth-order valence-electron chi connectivity index (χ4n) is 1.31. The van der Waals surface area contributed by atoms with Crippen LogP contribution in [-0.2, 0) is 11.2 Å². The minimum atomic E-state index is -0.921. The van der Waals surface area contributed by atoms with E-state index >= 15 is 0 Å². The molecule has 0 aliphatic rings. The van der Waals surface area contributed by atoms with E-state index in [1.54, 1.807) is 6.92 Å². The summed E-state index contributed by atoms with van der Waals surface area (Å²) in [5.74, 6) is -1.80. The lowest BCUT2D eigenvalue weighted by molar-refractivity contribution is 0.108. The van der Waals surface area contributed by atoms with Crippen LogP contribution in [0.15, 0.2) is 12.1 Å². The number of aryl methyl sites for hydroxylation is 1. The van der Waals surface area contributed by atoms with Gasteiger partial charge in [0.1, 0.15) is 6.61 Å². The Kier molecular flexibility index (Phi) is 15.1. The zero-order valence-corrected chi connectivity index (χ0v) is 13.6. The summed E-state index contributed by atoms with van der Waals surface area (Å²) in [7, 11) is 0. The van der Waals surface area contributed by atoms with E-state index in [0.717, 1.165) is 0 Å². The smallest absolute Gasteiger partial charge is 0.200 e. The highest BCUT2D eigenvalue weighted by Crippen LogP contribution is 2.22. The minimum absolute atomic E-state index is 0.0607. The van der Waals surface area contributed by atoms with Crippen molar-refractivity contribution in [3.8, 4) is 5.75 Å². The molecule has 0 N–H and O–H groups in total. The number of hydrogen-bond donors (Lipinski definition) is 0. The third-order valence-corrected chi connectivity index (χ3v) is 2.20. The highest BCUT2D eigenvalue weighted by molar-refractivity contribution is 5.31. The first-order valence-electron chi connectivity index (χ1n) is 7.38. The average Bonchev–Trinajstić information content (AvgIpc) is 2.52. The topological polar surface area (TPSA) is 18.5 Å². The maximum absolute atomic E-state index is 13.4. The Bertz CT molecular complexity index is 341. The Morgan fingerprint density at radius 2 is 1.50 bits per heavy atom. The molecule has 0 radical (unpaired) electrons. The molecular formula is C16H28F2O2. The van der Waals surface area contributed by atoms with Crippen molar-refractivity contribution in [1.29, 1.82) is 0 Å². The van der Waals surface area contributed by atoms with Gasteiger partial charge in [-0.1, -0.05) is 40.7 Å². The summed E-state index contributed by atoms with van der Waals surface area (Å²) in [5.41, 5.74) is 0.356. The standard InChI is InChI=1S/C12H16F2O2.2C2H6/c1-3-9-5-6-10(12(14)11(9)13)16-8-7-15-4-2;2*1-2/h5-6H,3-4,7-8H2,1-2H3;2*1-2H3. The van der Waals surface area contributed by atoms with E-state index in [2.05, 4.69) is 0 Å². The second kappa shape index (κ2) is 14.3. The molecule has 0 saturated heterocycles. The van der Waals surface area contributed by atoms with Crippen LogP contribution in [0, 0.1) is 11.6 Å². The molecule has 0 unspecified atom stereocenters. The predicted octanol–water partition coefficient (Wildman–Crippen LogP) is 4.99. The third kappa shape index (κ3) is 7.43. The monoisotopic (exact) mass is 290 g/mol. The molecule has 0 heterocycles. The van der Waals surface area contributed by atoms with Crippen LogP contribution in [0.4, 0.5) is 8.78 Å². The van der Waals surface area contributed by atoms with Crippen LogP contribution < -0.4 is 4.74 Å². The van der Waals surface area contributed by atoms with Crippen molar-refractivity contribution in [2.75, 3.05) is 19.8 Å². The van der Waals surface area contributed by atoms with Gasteiger partial charge in [-0.3, -0.25) is 0 Å². The van der Waals surface area contributed by atoms with Crippen LogP contribution in [0.3, 0.4) is 0 Å². The van der Waals surface area contributed by atoms with Crippen LogP contribution in [0.2, 0.25) is 0 Å². The molecule has 0 fully saturated rings. The number of halogens is 2. The van der Waals surface area contributed by atoms with Gasteiger partial charge in [-0.2, -0.15) is 4.39 Å². The molecule has 118 valence electrons. The van der Waals surface area contributed by atoms with E-state index < -0.39 is 11.6 Å². The molecule has 0 saturated carbocycles. The number of rotatable bonds is 6. The quantitative estimate of drug-likeness (QED) is 0.687. The second-order valence-electron chi connectivity index (χ2n) is 3.25. The molecule has 0 bridgehead atoms. The zero-order valence-electron chi connectivity index (χ0n) is 13.6. The van der Waals surface area contributed by atoms with Crippen molar-refractivity contribution in [3.05, 3.63) is 29.3 Å². The molecule has 0 amide bonds. The van der Waals surface area contributed by atoms with E-state index in [1.807, 2.05) is 34.6 Å². The van der Waals surface area contributed by atoms with Crippen molar-refractivity contribution in [2.45, 2.75) is 48.0 Å². The lowest BCUT2D eigenvalue weighted by Crippen LogP contribution is -2.08. The molecule has 0 aliphatic carbocycles. The van der Waals surface area contributed by atoms with Crippen molar-refractivity contribution >= 4 is 0 Å². The van der Waals surface area contributed by atoms with Crippen molar-refractivity contribution in [3.63, 3.8) is 0 Å². The van der Waals surface area contributed by atoms with Crippen LogP contribution in [-0.4, -0.2) is 19.8 Å². The normalized spacial score (nSPS) is 9.00. The Hall–Kier alpha value is -1.16. The van der Waals surface area contributed by atoms with Crippen LogP contribution in [0.1, 0.15) is 47.1 Å². The second-order valence-corrected chi connectivity index (χ2v) is 3.25. The van der Waals surface area contributed by atoms with Gasteiger partial charge in [0.25, 0.3) is 0 Å². The number of ether oxygens (including phenoxy) is 2. The Labute approximate surface area is 122 Å². The van der Waals surface area contributed by atoms with Crippen molar-refractivity contribution < 1.29 is 18.3 Å². The highest BCUT2D eigenvalue weighted by atomic mass is 19.2. The summed E-state index contributed by atoms with van der Waals surface area (Å²) in [6, 6.07) is 2.98. The summed E-state index contributed by atoms with van der Waals surface area (Å²) in [5, 5.41) is 0. The summed E-state index contributed by atoms with van der Waals surface area (Å²) >= 11 is 0. The Balaban J connectivity index is 0. The first-order chi connectivity index (χ1) is 9.70. The van der Waals surface area contributed by atoms with Gasteiger partial charge >= 0.3 is 0 Å². The van der Waals surface area contributed by atoms with Gasteiger partial charge in [-0.05, 0) is 25.0 Å². The first kappa shape index (κ1) is 21.1. The fourth-order valence-corrected chi connectivity index (χ4v) is 1.31. The molecular weight excluding hydrogens is 262 g/mol. The highest BCUT2D eigenvalue weighted by Gasteiger charge is 2.12. The SMILES string of the molecule is CC.CC.CCOCCOc1ccc(CC)c(F)c1F. The van der Waals surface area contributed by atoms with Gasteiger partial charge in [0.05, 0.1) is 6.61 Å². The summed E-state index contributed by atoms with van der Waals surface area (Å²) in [4.78, 5) is 0. The molecule has 1 aromatic rings. The molecule has 0 atom stereocenters. The van der Waals surface area contributed by atoms with E-state index in [0.29, 0.717) is 25.2 Å². The first-order valence-corrected chi connectivity index (χ1v) is 7.38. The molecule has 0 aromatic heterocycles. The molecule has 0 spiro atoms. The van der Waals surface area contributed by atoms with Crippen molar-refractivity contribution in [1.82, 2.24) is 0 Å². The van der Waals surface area contributed by atoms with Gasteiger partial charge in [0, 0.05) is 6.61 Å². The summed E-state index contributed by atoms with van der Waals surface area (Å²) < 4.78 is 36.9. The van der Waals surface area contributed by atoms with E-state index in [-0.39, 0.29) is 12.4 Å². The average molecular weight is 290 g/mol. The zero-order chi connectivity index (χ0) is 16.0. The van der Waals surface area contributed by atoms with Crippen molar-refractivity contribution in [2.24, 2.45) is 0 Å². The molecule has 4 heteroatoms. The van der Waals surface area contributed by atoms with Gasteiger partial charge < -0.3 is 9.47 Å². The lowest BCUT2D eigenvalue weighted by atomic mass is 10.1. The van der Waals surface area contributed by atoms with Gasteiger partial charge in [0.2, 0.25) is 5.82 Å². The summed E-state index contributed by atoms with van der Waals surface area (Å²) in [6.45, 7) is 12.8. The van der Waals surface area contributed by atoms with Gasteiger partial charge in [-0.15, -0.1) is 0 Å². The van der Waals surface area contributed by atoms with Gasteiger partial charge in [0.15, 0.2) is 11.6 Å². The minimum Gasteiger partial charge on any atom is -0.488 e. The Morgan fingerprint density at radius 3 is 2.00 bits per heavy atom.